The first-order valence-electron chi connectivity index (χ1n) is 4.30. The molecule has 4 N–H and O–H groups in total. The average molecular weight is 275 g/mol. The van der Waals surface area contributed by atoms with E-state index in [4.69, 9.17) is 5.14 Å². The lowest BCUT2D eigenvalue weighted by atomic mass is 10.3. The molecule has 0 radical (unpaired) electrons. The van der Waals surface area contributed by atoms with Crippen LogP contribution in [0.15, 0.2) is 28.3 Å². The number of sulfonamides is 1. The third-order valence-electron chi connectivity index (χ3n) is 2.06. The SMILES string of the molecule is C=S(=O)(O)c1nc2ccc(S(N)(=O)=O)cc2[nH]1. The number of benzene rings is 1. The quantitative estimate of drug-likeness (QED) is 0.652. The van der Waals surface area contributed by atoms with Gasteiger partial charge in [0.25, 0.3) is 0 Å². The number of nitrogens with one attached hydrogen (secondary N) is 1. The lowest BCUT2D eigenvalue weighted by molar-refractivity contribution is 0.553. The van der Waals surface area contributed by atoms with Crippen molar-refractivity contribution in [1.29, 1.82) is 0 Å². The van der Waals surface area contributed by atoms with Crippen LogP contribution in [0.25, 0.3) is 11.0 Å². The summed E-state index contributed by atoms with van der Waals surface area (Å²) in [5, 5.41) is 4.75. The number of rotatable bonds is 2. The lowest BCUT2D eigenvalue weighted by Gasteiger charge is -1.96. The Morgan fingerprint density at radius 1 is 1.35 bits per heavy atom. The van der Waals surface area contributed by atoms with E-state index in [9.17, 15) is 17.2 Å². The molecule has 9 heteroatoms. The number of H-pyrrole nitrogens is 1. The summed E-state index contributed by atoms with van der Waals surface area (Å²) in [5.74, 6) is 3.05. The molecule has 0 spiro atoms. The van der Waals surface area contributed by atoms with Crippen LogP contribution in [-0.4, -0.2) is 33.0 Å². The summed E-state index contributed by atoms with van der Waals surface area (Å²) in [6, 6.07) is 3.90. The minimum Gasteiger partial charge on any atom is -0.329 e. The van der Waals surface area contributed by atoms with Crippen LogP contribution in [0.3, 0.4) is 0 Å². The van der Waals surface area contributed by atoms with Crippen LogP contribution in [0, 0.1) is 0 Å². The predicted octanol–water partition coefficient (Wildman–Crippen LogP) is -0.241. The van der Waals surface area contributed by atoms with Gasteiger partial charge in [-0.25, -0.2) is 22.7 Å². The molecule has 2 rings (SSSR count). The molecule has 0 amide bonds. The Balaban J connectivity index is 2.73. The summed E-state index contributed by atoms with van der Waals surface area (Å²) < 4.78 is 42.7. The zero-order valence-electron chi connectivity index (χ0n) is 8.45. The third-order valence-corrected chi connectivity index (χ3v) is 3.77. The fraction of sp³-hybridized carbons (Fsp3) is 0. The zero-order chi connectivity index (χ0) is 12.8. The summed E-state index contributed by atoms with van der Waals surface area (Å²) in [6.45, 7) is 0. The standard InChI is InChI=1S/C8H9N3O4S2/c1-16(12,13)8-10-6-3-2-5(17(9,14)15)4-7(6)11-8/h2-4H,1H2,(H,10,11)(H,12,13)(H2,9,14,15). The highest BCUT2D eigenvalue weighted by Gasteiger charge is 2.13. The van der Waals surface area contributed by atoms with E-state index in [1.165, 1.54) is 18.2 Å². The van der Waals surface area contributed by atoms with Gasteiger partial charge >= 0.3 is 0 Å². The second kappa shape index (κ2) is 3.53. The minimum absolute atomic E-state index is 0.103. The van der Waals surface area contributed by atoms with Crippen molar-refractivity contribution in [3.8, 4) is 0 Å². The van der Waals surface area contributed by atoms with Gasteiger partial charge in [-0.2, -0.15) is 0 Å². The summed E-state index contributed by atoms with van der Waals surface area (Å²) >= 11 is 0. The highest BCUT2D eigenvalue weighted by Crippen LogP contribution is 2.18. The van der Waals surface area contributed by atoms with Crippen molar-refractivity contribution in [3.05, 3.63) is 18.2 Å². The van der Waals surface area contributed by atoms with Gasteiger partial charge in [0.05, 0.1) is 15.9 Å². The fourth-order valence-electron chi connectivity index (χ4n) is 1.29. The van der Waals surface area contributed by atoms with Gasteiger partial charge < -0.3 is 9.54 Å². The van der Waals surface area contributed by atoms with Crippen molar-refractivity contribution in [2.45, 2.75) is 10.1 Å². The second-order valence-corrected chi connectivity index (χ2v) is 6.64. The number of aromatic nitrogens is 2. The molecule has 1 heterocycles. The van der Waals surface area contributed by atoms with E-state index < -0.39 is 19.8 Å². The number of fused-ring (bicyclic) bond motifs is 1. The van der Waals surface area contributed by atoms with Crippen molar-refractivity contribution < 1.29 is 17.2 Å². The monoisotopic (exact) mass is 275 g/mol. The van der Waals surface area contributed by atoms with E-state index in [1.54, 1.807) is 0 Å². The van der Waals surface area contributed by atoms with Gasteiger partial charge in [0.15, 0.2) is 0 Å². The van der Waals surface area contributed by atoms with Gasteiger partial charge in [-0.1, -0.05) is 0 Å². The van der Waals surface area contributed by atoms with E-state index in [0.29, 0.717) is 11.0 Å². The Kier molecular flexibility index (Phi) is 2.51. The minimum atomic E-state index is -3.82. The summed E-state index contributed by atoms with van der Waals surface area (Å²) in [5.41, 5.74) is 0.662. The molecule has 7 nitrogen and oxygen atoms in total. The summed E-state index contributed by atoms with van der Waals surface area (Å²) in [7, 11) is -7.28. The molecular weight excluding hydrogens is 266 g/mol. The Labute approximate surface area is 97.6 Å². The Morgan fingerprint density at radius 2 is 2.00 bits per heavy atom. The van der Waals surface area contributed by atoms with Crippen molar-refractivity contribution in [2.24, 2.45) is 5.14 Å². The lowest BCUT2D eigenvalue weighted by Crippen LogP contribution is -2.11. The van der Waals surface area contributed by atoms with Gasteiger partial charge in [-0.05, 0) is 24.1 Å². The number of nitrogens with two attached hydrogens (primary N) is 1. The maximum absolute atomic E-state index is 11.2. The van der Waals surface area contributed by atoms with E-state index in [1.807, 2.05) is 0 Å². The molecular formula is C8H9N3O4S2. The molecule has 0 aliphatic rings. The number of nitrogens with zero attached hydrogens (tertiary/aromatic N) is 1. The van der Waals surface area contributed by atoms with Crippen LogP contribution in [0.4, 0.5) is 0 Å². The maximum atomic E-state index is 11.2. The highest BCUT2D eigenvalue weighted by atomic mass is 32.2. The molecule has 0 aliphatic heterocycles. The van der Waals surface area contributed by atoms with Gasteiger partial charge in [-0.15, -0.1) is 0 Å². The van der Waals surface area contributed by atoms with Crippen LogP contribution in [-0.2, 0) is 19.8 Å². The molecule has 2 aromatic rings. The first kappa shape index (κ1) is 12.0. The molecule has 92 valence electrons. The molecule has 1 unspecified atom stereocenters. The largest absolute Gasteiger partial charge is 0.329 e. The zero-order valence-corrected chi connectivity index (χ0v) is 10.1. The normalized spacial score (nSPS) is 15.9. The molecule has 17 heavy (non-hydrogen) atoms. The number of hydrogen-bond donors (Lipinski definition) is 3. The second-order valence-electron chi connectivity index (χ2n) is 3.41. The van der Waals surface area contributed by atoms with Gasteiger partial charge in [-0.3, -0.25) is 0 Å². The first-order chi connectivity index (χ1) is 7.68. The Hall–Kier alpha value is -1.42. The molecule has 1 atom stereocenters. The van der Waals surface area contributed by atoms with E-state index >= 15 is 0 Å². The third kappa shape index (κ3) is 2.31. The smallest absolute Gasteiger partial charge is 0.238 e. The van der Waals surface area contributed by atoms with Crippen LogP contribution in [0.5, 0.6) is 0 Å². The maximum Gasteiger partial charge on any atom is 0.238 e. The molecule has 0 aliphatic carbocycles. The predicted molar refractivity (Wildman–Crippen MR) is 63.6 cm³/mol. The van der Waals surface area contributed by atoms with Crippen molar-refractivity contribution >= 4 is 36.7 Å². The number of primary sulfonamides is 1. The van der Waals surface area contributed by atoms with Crippen molar-refractivity contribution in [2.75, 3.05) is 0 Å². The van der Waals surface area contributed by atoms with Crippen LogP contribution in [0.2, 0.25) is 0 Å². The van der Waals surface area contributed by atoms with Gasteiger partial charge in [0.1, 0.15) is 9.80 Å². The van der Waals surface area contributed by atoms with E-state index in [0.717, 1.165) is 0 Å². The summed E-state index contributed by atoms with van der Waals surface area (Å²) in [6.07, 6.45) is 0. The number of aromatic amines is 1. The number of imidazole rings is 1. The topological polar surface area (TPSA) is 126 Å². The van der Waals surface area contributed by atoms with Gasteiger partial charge in [0.2, 0.25) is 15.2 Å². The molecule has 0 saturated heterocycles. The molecule has 0 fully saturated rings. The Morgan fingerprint density at radius 3 is 2.53 bits per heavy atom. The first-order valence-corrected chi connectivity index (χ1v) is 7.53. The molecule has 0 saturated carbocycles. The molecule has 1 aromatic heterocycles. The highest BCUT2D eigenvalue weighted by molar-refractivity contribution is 7.94. The average Bonchev–Trinajstić information content (AvgIpc) is 2.57. The molecule has 1 aromatic carbocycles. The van der Waals surface area contributed by atoms with Crippen LogP contribution < -0.4 is 5.14 Å². The number of hydrogen-bond acceptors (Lipinski definition) is 4. The Bertz CT molecular complexity index is 759. The van der Waals surface area contributed by atoms with E-state index in [2.05, 4.69) is 15.8 Å². The summed E-state index contributed by atoms with van der Waals surface area (Å²) in [4.78, 5) is 6.25. The van der Waals surface area contributed by atoms with Crippen molar-refractivity contribution in [1.82, 2.24) is 9.97 Å². The van der Waals surface area contributed by atoms with E-state index in [-0.39, 0.29) is 10.1 Å². The van der Waals surface area contributed by atoms with Crippen LogP contribution >= 0.6 is 0 Å². The fourth-order valence-corrected chi connectivity index (χ4v) is 2.34. The molecule has 0 bridgehead atoms. The van der Waals surface area contributed by atoms with Crippen molar-refractivity contribution in [3.63, 3.8) is 0 Å². The van der Waals surface area contributed by atoms with Crippen LogP contribution in [0.1, 0.15) is 0 Å². The van der Waals surface area contributed by atoms with Gasteiger partial charge in [0, 0.05) is 0 Å².